The first-order valence-electron chi connectivity index (χ1n) is 12.8. The maximum atomic E-state index is 13.8. The number of nitrogens with zero attached hydrogens (tertiary/aromatic N) is 1. The van der Waals surface area contributed by atoms with Crippen molar-refractivity contribution in [3.63, 3.8) is 0 Å². The van der Waals surface area contributed by atoms with E-state index in [1.165, 1.54) is 16.5 Å². The molecule has 7 nitrogen and oxygen atoms in total. The molecule has 7 heteroatoms. The molecule has 5 rings (SSSR count). The highest BCUT2D eigenvalue weighted by molar-refractivity contribution is 6.00. The lowest BCUT2D eigenvalue weighted by molar-refractivity contribution is -0.136. The molecule has 2 amide bonds. The summed E-state index contributed by atoms with van der Waals surface area (Å²) in [7, 11) is 0. The molecule has 0 aliphatic carbocycles. The van der Waals surface area contributed by atoms with Gasteiger partial charge >= 0.3 is 0 Å². The van der Waals surface area contributed by atoms with Crippen LogP contribution in [0.4, 0.5) is 5.69 Å². The SMILES string of the molecule is CC(C)c1ccc(NC(=O)[C@H](c2ccccc2)N(Cc2ccco2)C(=O)/C=C/c2ccc3c(c2)OCO3)cc1. The molecule has 0 radical (unpaired) electrons. The molecule has 1 aliphatic heterocycles. The Bertz CT molecular complexity index is 1440. The zero-order valence-electron chi connectivity index (χ0n) is 21.9. The fraction of sp³-hybridized carbons (Fsp3) is 0.188. The van der Waals surface area contributed by atoms with Crippen LogP contribution >= 0.6 is 0 Å². The summed E-state index contributed by atoms with van der Waals surface area (Å²) in [5.41, 5.74) is 3.30. The van der Waals surface area contributed by atoms with Crippen LogP contribution in [0.1, 0.15) is 48.3 Å². The van der Waals surface area contributed by atoms with E-state index < -0.39 is 6.04 Å². The third kappa shape index (κ3) is 6.21. The monoisotopic (exact) mass is 522 g/mol. The summed E-state index contributed by atoms with van der Waals surface area (Å²) in [5, 5.41) is 3.01. The summed E-state index contributed by atoms with van der Waals surface area (Å²) in [6.07, 6.45) is 4.71. The van der Waals surface area contributed by atoms with E-state index in [1.807, 2.05) is 66.7 Å². The molecular formula is C32H30N2O5. The standard InChI is InChI=1S/C32H30N2O5/c1-22(2)24-12-14-26(15-13-24)33-32(36)31(25-7-4-3-5-8-25)34(20-27-9-6-18-37-27)30(35)17-11-23-10-16-28-29(19-23)39-21-38-28/h3-19,22,31H,20-21H2,1-2H3,(H,33,36)/b17-11+/t31-/m0/s1. The van der Waals surface area contributed by atoms with Crippen molar-refractivity contribution < 1.29 is 23.5 Å². The number of fused-ring (bicyclic) bond motifs is 1. The summed E-state index contributed by atoms with van der Waals surface area (Å²) in [6, 6.07) is 25.1. The Kier molecular flexibility index (Phi) is 7.78. The van der Waals surface area contributed by atoms with Crippen molar-refractivity contribution in [1.82, 2.24) is 4.90 Å². The summed E-state index contributed by atoms with van der Waals surface area (Å²) < 4.78 is 16.4. The Balaban J connectivity index is 1.46. The van der Waals surface area contributed by atoms with E-state index in [1.54, 1.807) is 30.5 Å². The molecule has 198 valence electrons. The first-order valence-corrected chi connectivity index (χ1v) is 12.8. The first kappa shape index (κ1) is 25.9. The lowest BCUT2D eigenvalue weighted by atomic mass is 10.0. The van der Waals surface area contributed by atoms with Gasteiger partial charge in [-0.25, -0.2) is 0 Å². The molecule has 1 aromatic heterocycles. The van der Waals surface area contributed by atoms with Crippen molar-refractivity contribution in [1.29, 1.82) is 0 Å². The van der Waals surface area contributed by atoms with Crippen LogP contribution in [0.25, 0.3) is 6.08 Å². The van der Waals surface area contributed by atoms with Crippen molar-refractivity contribution in [2.24, 2.45) is 0 Å². The van der Waals surface area contributed by atoms with Crippen LogP contribution in [0.5, 0.6) is 11.5 Å². The van der Waals surface area contributed by atoms with Crippen LogP contribution in [-0.4, -0.2) is 23.5 Å². The number of furan rings is 1. The number of hydrogen-bond donors (Lipinski definition) is 1. The highest BCUT2D eigenvalue weighted by atomic mass is 16.7. The van der Waals surface area contributed by atoms with Crippen LogP contribution in [0.2, 0.25) is 0 Å². The fourth-order valence-electron chi connectivity index (χ4n) is 4.42. The Morgan fingerprint density at radius 1 is 0.897 bits per heavy atom. The van der Waals surface area contributed by atoms with Crippen LogP contribution in [-0.2, 0) is 16.1 Å². The second-order valence-electron chi connectivity index (χ2n) is 9.57. The highest BCUT2D eigenvalue weighted by Crippen LogP contribution is 2.33. The molecule has 4 aromatic rings. The van der Waals surface area contributed by atoms with Gasteiger partial charge < -0.3 is 24.1 Å². The second-order valence-corrected chi connectivity index (χ2v) is 9.57. The van der Waals surface area contributed by atoms with Crippen LogP contribution in [0, 0.1) is 0 Å². The number of rotatable bonds is 9. The minimum Gasteiger partial charge on any atom is -0.467 e. The molecule has 0 saturated carbocycles. The quantitative estimate of drug-likeness (QED) is 0.252. The number of anilines is 1. The highest BCUT2D eigenvalue weighted by Gasteiger charge is 2.31. The van der Waals surface area contributed by atoms with Crippen LogP contribution in [0.15, 0.2) is 102 Å². The molecule has 39 heavy (non-hydrogen) atoms. The average molecular weight is 523 g/mol. The molecule has 0 bridgehead atoms. The molecule has 1 N–H and O–H groups in total. The lowest BCUT2D eigenvalue weighted by Gasteiger charge is -2.30. The van der Waals surface area contributed by atoms with Crippen molar-refractivity contribution in [2.75, 3.05) is 12.1 Å². The Hall–Kier alpha value is -4.78. The van der Waals surface area contributed by atoms with Crippen LogP contribution in [0.3, 0.4) is 0 Å². The number of carbonyl (C=O) groups excluding carboxylic acids is 2. The molecule has 1 aliphatic rings. The predicted molar refractivity (Wildman–Crippen MR) is 149 cm³/mol. The van der Waals surface area contributed by atoms with Gasteiger partial charge in [0.15, 0.2) is 11.5 Å². The van der Waals surface area contributed by atoms with Gasteiger partial charge in [0.25, 0.3) is 5.91 Å². The van der Waals surface area contributed by atoms with E-state index >= 15 is 0 Å². The summed E-state index contributed by atoms with van der Waals surface area (Å²) >= 11 is 0. The van der Waals surface area contributed by atoms with Gasteiger partial charge in [-0.2, -0.15) is 0 Å². The number of benzene rings is 3. The van der Waals surface area contributed by atoms with Crippen molar-refractivity contribution in [3.8, 4) is 11.5 Å². The normalized spacial score (nSPS) is 13.0. The number of carbonyl (C=O) groups is 2. The third-order valence-corrected chi connectivity index (χ3v) is 6.52. The molecular weight excluding hydrogens is 492 g/mol. The van der Waals surface area contributed by atoms with E-state index in [9.17, 15) is 9.59 Å². The molecule has 0 saturated heterocycles. The van der Waals surface area contributed by atoms with Crippen LogP contribution < -0.4 is 14.8 Å². The molecule has 0 spiro atoms. The van der Waals surface area contributed by atoms with Gasteiger partial charge in [-0.1, -0.05) is 62.4 Å². The van der Waals surface area contributed by atoms with E-state index in [0.717, 1.165) is 5.56 Å². The van der Waals surface area contributed by atoms with Crippen molar-refractivity contribution in [3.05, 3.63) is 120 Å². The number of ether oxygens (including phenoxy) is 2. The van der Waals surface area contributed by atoms with Gasteiger partial charge in [0, 0.05) is 11.8 Å². The van der Waals surface area contributed by atoms with Crippen molar-refractivity contribution >= 4 is 23.6 Å². The fourth-order valence-corrected chi connectivity index (χ4v) is 4.42. The Morgan fingerprint density at radius 3 is 2.38 bits per heavy atom. The minimum atomic E-state index is -0.907. The Morgan fingerprint density at radius 2 is 1.67 bits per heavy atom. The molecule has 0 unspecified atom stereocenters. The maximum absolute atomic E-state index is 13.8. The molecule has 0 fully saturated rings. The number of amides is 2. The molecule has 3 aromatic carbocycles. The van der Waals surface area contributed by atoms with Gasteiger partial charge in [-0.05, 0) is 65.1 Å². The van der Waals surface area contributed by atoms with Crippen molar-refractivity contribution in [2.45, 2.75) is 32.4 Å². The number of hydrogen-bond acceptors (Lipinski definition) is 5. The first-order chi connectivity index (χ1) is 19.0. The summed E-state index contributed by atoms with van der Waals surface area (Å²) in [6.45, 7) is 4.52. The number of nitrogens with one attached hydrogen (secondary N) is 1. The smallest absolute Gasteiger partial charge is 0.251 e. The largest absolute Gasteiger partial charge is 0.467 e. The van der Waals surface area contributed by atoms with E-state index in [-0.39, 0.29) is 25.2 Å². The maximum Gasteiger partial charge on any atom is 0.251 e. The van der Waals surface area contributed by atoms with E-state index in [2.05, 4.69) is 19.2 Å². The zero-order chi connectivity index (χ0) is 27.2. The van der Waals surface area contributed by atoms with Gasteiger partial charge in [0.05, 0.1) is 12.8 Å². The van der Waals surface area contributed by atoms with Gasteiger partial charge in [0.2, 0.25) is 12.7 Å². The van der Waals surface area contributed by atoms with Gasteiger partial charge in [0.1, 0.15) is 11.8 Å². The third-order valence-electron chi connectivity index (χ3n) is 6.52. The summed E-state index contributed by atoms with van der Waals surface area (Å²) in [4.78, 5) is 29.1. The average Bonchev–Trinajstić information content (AvgIpc) is 3.64. The molecule has 1 atom stereocenters. The van der Waals surface area contributed by atoms with E-state index in [0.29, 0.717) is 34.4 Å². The topological polar surface area (TPSA) is 81.0 Å². The zero-order valence-corrected chi connectivity index (χ0v) is 21.9. The van der Waals surface area contributed by atoms with Gasteiger partial charge in [-0.3, -0.25) is 9.59 Å². The minimum absolute atomic E-state index is 0.108. The predicted octanol–water partition coefficient (Wildman–Crippen LogP) is 6.55. The summed E-state index contributed by atoms with van der Waals surface area (Å²) in [5.74, 6) is 1.57. The Labute approximate surface area is 227 Å². The van der Waals surface area contributed by atoms with Gasteiger partial charge in [-0.15, -0.1) is 0 Å². The molecule has 2 heterocycles. The lowest BCUT2D eigenvalue weighted by Crippen LogP contribution is -2.40. The second kappa shape index (κ2) is 11.7. The van der Waals surface area contributed by atoms with E-state index in [4.69, 9.17) is 13.9 Å².